The molecule has 6 aromatic rings. The molecule has 5 aromatic carbocycles. The number of para-hydroxylation sites is 1. The predicted molar refractivity (Wildman–Crippen MR) is 171 cm³/mol. The number of benzene rings is 5. The summed E-state index contributed by atoms with van der Waals surface area (Å²) < 4.78 is 6.68. The molecule has 0 bridgehead atoms. The summed E-state index contributed by atoms with van der Waals surface area (Å²) >= 11 is 3.49. The first-order valence-corrected chi connectivity index (χ1v) is 14.2. The van der Waals surface area contributed by atoms with Crippen molar-refractivity contribution in [3.8, 4) is 16.9 Å². The zero-order valence-corrected chi connectivity index (χ0v) is 24.0. The van der Waals surface area contributed by atoms with E-state index in [1.54, 1.807) is 24.3 Å². The smallest absolute Gasteiger partial charge is 0.344 e. The van der Waals surface area contributed by atoms with Crippen LogP contribution in [-0.4, -0.2) is 5.11 Å². The minimum absolute atomic E-state index is 0.114. The van der Waals surface area contributed by atoms with E-state index in [0.717, 1.165) is 26.7 Å². The Hall–Kier alpha value is -5.07. The Kier molecular flexibility index (Phi) is 7.88. The van der Waals surface area contributed by atoms with Crippen LogP contribution in [0.4, 0.5) is 5.69 Å². The van der Waals surface area contributed by atoms with Crippen LogP contribution in [0.5, 0.6) is 5.75 Å². The molecule has 204 valence electrons. The van der Waals surface area contributed by atoms with E-state index in [1.165, 1.54) is 0 Å². The number of azo groups is 1. The molecular formula is C36H25BrN2O3. The van der Waals surface area contributed by atoms with Gasteiger partial charge in [-0.15, -0.1) is 0 Å². The number of nitrogens with zero attached hydrogens (tertiary/aromatic N) is 2. The summed E-state index contributed by atoms with van der Waals surface area (Å²) in [6.45, 7) is 0. The van der Waals surface area contributed by atoms with Gasteiger partial charge in [0, 0.05) is 16.0 Å². The number of aromatic hydroxyl groups is 1. The molecule has 5 nitrogen and oxygen atoms in total. The SMILES string of the molecule is O=c1oc2ccccc2c(O)c1C(C=C(N=Nc1ccccc1)c1ccc(-c2ccc(Br)cc2)cc1)c1ccccc1. The van der Waals surface area contributed by atoms with Crippen molar-refractivity contribution in [1.82, 2.24) is 0 Å². The molecule has 1 heterocycles. The van der Waals surface area contributed by atoms with Crippen molar-refractivity contribution in [3.05, 3.63) is 171 Å². The quantitative estimate of drug-likeness (QED) is 0.144. The van der Waals surface area contributed by atoms with E-state index in [4.69, 9.17) is 4.42 Å². The van der Waals surface area contributed by atoms with E-state index in [-0.39, 0.29) is 11.3 Å². The van der Waals surface area contributed by atoms with Gasteiger partial charge in [-0.3, -0.25) is 0 Å². The summed E-state index contributed by atoms with van der Waals surface area (Å²) in [5, 5.41) is 21.0. The first-order valence-electron chi connectivity index (χ1n) is 13.4. The second kappa shape index (κ2) is 12.2. The molecule has 0 saturated heterocycles. The number of hydrogen-bond acceptors (Lipinski definition) is 5. The summed E-state index contributed by atoms with van der Waals surface area (Å²) in [6.07, 6.45) is 1.86. The Labute approximate surface area is 251 Å². The lowest BCUT2D eigenvalue weighted by atomic mass is 9.89. The summed E-state index contributed by atoms with van der Waals surface area (Å²) in [5.41, 5.74) is 4.84. The van der Waals surface area contributed by atoms with Gasteiger partial charge < -0.3 is 9.52 Å². The van der Waals surface area contributed by atoms with Gasteiger partial charge in [0.05, 0.1) is 22.3 Å². The van der Waals surface area contributed by atoms with Crippen molar-refractivity contribution >= 4 is 38.3 Å². The van der Waals surface area contributed by atoms with E-state index in [0.29, 0.717) is 22.4 Å². The maximum Gasteiger partial charge on any atom is 0.344 e. The Balaban J connectivity index is 1.52. The van der Waals surface area contributed by atoms with Crippen molar-refractivity contribution in [3.63, 3.8) is 0 Å². The fraction of sp³-hybridized carbons (Fsp3) is 0.0278. The van der Waals surface area contributed by atoms with Crippen LogP contribution in [0.25, 0.3) is 27.8 Å². The van der Waals surface area contributed by atoms with E-state index < -0.39 is 11.5 Å². The van der Waals surface area contributed by atoms with Crippen LogP contribution in [0.2, 0.25) is 0 Å². The third-order valence-corrected chi connectivity index (χ3v) is 7.53. The minimum Gasteiger partial charge on any atom is -0.507 e. The number of allylic oxidation sites excluding steroid dienone is 1. The number of hydrogen-bond donors (Lipinski definition) is 1. The van der Waals surface area contributed by atoms with Crippen LogP contribution in [0.3, 0.4) is 0 Å². The van der Waals surface area contributed by atoms with Crippen LogP contribution in [0.1, 0.15) is 22.6 Å². The molecule has 1 N–H and O–H groups in total. The van der Waals surface area contributed by atoms with Crippen molar-refractivity contribution < 1.29 is 9.52 Å². The molecule has 0 saturated carbocycles. The number of fused-ring (bicyclic) bond motifs is 1. The highest BCUT2D eigenvalue weighted by Gasteiger charge is 2.24. The summed E-state index contributed by atoms with van der Waals surface area (Å²) in [7, 11) is 0. The Bertz CT molecular complexity index is 1950. The van der Waals surface area contributed by atoms with Gasteiger partial charge in [-0.25, -0.2) is 4.79 Å². The molecular weight excluding hydrogens is 588 g/mol. The van der Waals surface area contributed by atoms with E-state index >= 15 is 0 Å². The van der Waals surface area contributed by atoms with Crippen LogP contribution < -0.4 is 5.63 Å². The van der Waals surface area contributed by atoms with Crippen LogP contribution >= 0.6 is 15.9 Å². The highest BCUT2D eigenvalue weighted by atomic mass is 79.9. The van der Waals surface area contributed by atoms with Gasteiger partial charge in [-0.1, -0.05) is 113 Å². The molecule has 0 amide bonds. The van der Waals surface area contributed by atoms with Crippen LogP contribution in [0, 0.1) is 0 Å². The maximum absolute atomic E-state index is 13.4. The molecule has 6 heteroatoms. The zero-order chi connectivity index (χ0) is 28.9. The van der Waals surface area contributed by atoms with Gasteiger partial charge in [0.1, 0.15) is 11.3 Å². The second-order valence-electron chi connectivity index (χ2n) is 9.71. The summed E-state index contributed by atoms with van der Waals surface area (Å²) in [6, 6.07) is 42.1. The molecule has 1 atom stereocenters. The van der Waals surface area contributed by atoms with Gasteiger partial charge >= 0.3 is 5.63 Å². The first-order chi connectivity index (χ1) is 20.6. The zero-order valence-electron chi connectivity index (χ0n) is 22.4. The summed E-state index contributed by atoms with van der Waals surface area (Å²) in [4.78, 5) is 13.4. The molecule has 42 heavy (non-hydrogen) atoms. The molecule has 1 unspecified atom stereocenters. The maximum atomic E-state index is 13.4. The largest absolute Gasteiger partial charge is 0.507 e. The summed E-state index contributed by atoms with van der Waals surface area (Å²) in [5.74, 6) is -0.778. The normalized spacial score (nSPS) is 12.5. The van der Waals surface area contributed by atoms with Crippen molar-refractivity contribution in [2.24, 2.45) is 10.2 Å². The molecule has 1 aromatic heterocycles. The fourth-order valence-corrected chi connectivity index (χ4v) is 5.12. The lowest BCUT2D eigenvalue weighted by Crippen LogP contribution is -2.13. The number of rotatable bonds is 7. The Morgan fingerprint density at radius 2 is 1.33 bits per heavy atom. The third kappa shape index (κ3) is 5.85. The standard InChI is InChI=1S/C36H25BrN2O3/c37-28-21-19-25(20-22-28)24-15-17-27(18-16-24)32(39-38-29-11-5-2-6-12-29)23-31(26-9-3-1-4-10-26)34-35(40)30-13-7-8-14-33(30)42-36(34)41/h1-23,31,40H. The predicted octanol–water partition coefficient (Wildman–Crippen LogP) is 9.88. The molecule has 6 rings (SSSR count). The molecule has 0 aliphatic carbocycles. The fourth-order valence-electron chi connectivity index (χ4n) is 4.86. The molecule has 0 aliphatic rings. The van der Waals surface area contributed by atoms with Gasteiger partial charge in [0.2, 0.25) is 0 Å². The highest BCUT2D eigenvalue weighted by molar-refractivity contribution is 9.10. The molecule has 0 fully saturated rings. The van der Waals surface area contributed by atoms with E-state index in [1.807, 2.05) is 103 Å². The third-order valence-electron chi connectivity index (χ3n) is 7.00. The lowest BCUT2D eigenvalue weighted by molar-refractivity contribution is 0.456. The Morgan fingerprint density at radius 1 is 0.738 bits per heavy atom. The van der Waals surface area contributed by atoms with Gasteiger partial charge in [0.15, 0.2) is 0 Å². The molecule has 0 radical (unpaired) electrons. The van der Waals surface area contributed by atoms with Crippen molar-refractivity contribution in [2.45, 2.75) is 5.92 Å². The van der Waals surface area contributed by atoms with Crippen LogP contribution in [0.15, 0.2) is 163 Å². The highest BCUT2D eigenvalue weighted by Crippen LogP contribution is 2.37. The van der Waals surface area contributed by atoms with Gasteiger partial charge in [-0.2, -0.15) is 10.2 Å². The minimum atomic E-state index is -0.664. The average Bonchev–Trinajstić information content (AvgIpc) is 3.03. The first kappa shape index (κ1) is 27.1. The topological polar surface area (TPSA) is 75.2 Å². The van der Waals surface area contributed by atoms with Gasteiger partial charge in [0.25, 0.3) is 0 Å². The van der Waals surface area contributed by atoms with E-state index in [2.05, 4.69) is 38.3 Å². The monoisotopic (exact) mass is 612 g/mol. The average molecular weight is 614 g/mol. The van der Waals surface area contributed by atoms with Crippen molar-refractivity contribution in [1.29, 1.82) is 0 Å². The molecule has 0 aliphatic heterocycles. The molecule has 0 spiro atoms. The Morgan fingerprint density at radius 3 is 2.02 bits per heavy atom. The van der Waals surface area contributed by atoms with E-state index in [9.17, 15) is 9.90 Å². The number of halogens is 1. The van der Waals surface area contributed by atoms with Crippen LogP contribution in [-0.2, 0) is 0 Å². The van der Waals surface area contributed by atoms with Crippen molar-refractivity contribution in [2.75, 3.05) is 0 Å². The second-order valence-corrected chi connectivity index (χ2v) is 10.6. The lowest BCUT2D eigenvalue weighted by Gasteiger charge is -2.16. The van der Waals surface area contributed by atoms with Gasteiger partial charge in [-0.05, 0) is 59.2 Å².